The van der Waals surface area contributed by atoms with E-state index in [2.05, 4.69) is 13.2 Å². The lowest BCUT2D eigenvalue weighted by molar-refractivity contribution is -0.141. The van der Waals surface area contributed by atoms with Gasteiger partial charge in [-0.2, -0.15) is 0 Å². The number of unbranched alkanes of at least 4 members (excludes halogenated alkanes) is 4. The normalized spacial score (nSPS) is 11.6. The molecular formula is C14H22O4. The van der Waals surface area contributed by atoms with Crippen molar-refractivity contribution in [1.29, 1.82) is 0 Å². The summed E-state index contributed by atoms with van der Waals surface area (Å²) in [6.45, 7) is 6.95. The van der Waals surface area contributed by atoms with Crippen LogP contribution in [0, 0.1) is 5.92 Å². The van der Waals surface area contributed by atoms with Crippen LogP contribution in [0.4, 0.5) is 0 Å². The number of esters is 1. The van der Waals surface area contributed by atoms with Gasteiger partial charge in [0, 0.05) is 6.42 Å². The van der Waals surface area contributed by atoms with E-state index in [0.717, 1.165) is 44.8 Å². The Labute approximate surface area is 108 Å². The van der Waals surface area contributed by atoms with Crippen molar-refractivity contribution in [1.82, 2.24) is 0 Å². The molecule has 1 N–H and O–H groups in total. The first-order valence-corrected chi connectivity index (χ1v) is 6.27. The number of hydrogen-bond donors (Lipinski definition) is 1. The largest absolute Gasteiger partial charge is 0.481 e. The van der Waals surface area contributed by atoms with Crippen LogP contribution >= 0.6 is 0 Å². The van der Waals surface area contributed by atoms with Crippen LogP contribution in [0.3, 0.4) is 0 Å². The molecule has 0 aromatic heterocycles. The summed E-state index contributed by atoms with van der Waals surface area (Å²) in [6.07, 6.45) is 8.22. The Morgan fingerprint density at radius 1 is 1.11 bits per heavy atom. The zero-order chi connectivity index (χ0) is 13.8. The number of carboxylic acids is 1. The highest BCUT2D eigenvalue weighted by Crippen LogP contribution is 2.14. The Morgan fingerprint density at radius 3 is 2.28 bits per heavy atom. The first-order valence-electron chi connectivity index (χ1n) is 6.27. The van der Waals surface area contributed by atoms with Gasteiger partial charge in [-0.3, -0.25) is 9.59 Å². The molecular weight excluding hydrogens is 232 g/mol. The molecule has 0 saturated heterocycles. The van der Waals surface area contributed by atoms with Crippen molar-refractivity contribution < 1.29 is 19.4 Å². The van der Waals surface area contributed by atoms with E-state index in [4.69, 9.17) is 9.84 Å². The lowest BCUT2D eigenvalue weighted by Gasteiger charge is -2.09. The minimum atomic E-state index is -0.742. The summed E-state index contributed by atoms with van der Waals surface area (Å²) in [5.41, 5.74) is 0. The predicted octanol–water partition coefficient (Wildman–Crippen LogP) is 3.29. The summed E-state index contributed by atoms with van der Waals surface area (Å²) in [7, 11) is 0. The molecule has 0 rings (SSSR count). The minimum Gasteiger partial charge on any atom is -0.481 e. The van der Waals surface area contributed by atoms with Crippen LogP contribution in [0.1, 0.15) is 44.9 Å². The maximum atomic E-state index is 11.4. The van der Waals surface area contributed by atoms with Crippen molar-refractivity contribution in [2.75, 3.05) is 0 Å². The van der Waals surface area contributed by atoms with Gasteiger partial charge in [0.15, 0.2) is 0 Å². The molecule has 1 unspecified atom stereocenters. The Bertz CT molecular complexity index is 284. The number of carbonyl (C=O) groups is 2. The van der Waals surface area contributed by atoms with Crippen LogP contribution in [0.25, 0.3) is 0 Å². The van der Waals surface area contributed by atoms with E-state index in [1.165, 1.54) is 0 Å². The zero-order valence-electron chi connectivity index (χ0n) is 10.8. The predicted molar refractivity (Wildman–Crippen MR) is 69.9 cm³/mol. The molecule has 1 atom stereocenters. The molecule has 4 nitrogen and oxygen atoms in total. The summed E-state index contributed by atoms with van der Waals surface area (Å²) in [6, 6.07) is 0. The highest BCUT2D eigenvalue weighted by Gasteiger charge is 2.14. The van der Waals surface area contributed by atoms with E-state index < -0.39 is 5.97 Å². The number of rotatable bonds is 11. The number of carboxylic acid groups (broad SMARTS) is 1. The fraction of sp³-hybridized carbons (Fsp3) is 0.571. The summed E-state index contributed by atoms with van der Waals surface area (Å²) < 4.78 is 4.71. The summed E-state index contributed by atoms with van der Waals surface area (Å²) in [5, 5.41) is 8.46. The summed E-state index contributed by atoms with van der Waals surface area (Å²) in [4.78, 5) is 21.7. The van der Waals surface area contributed by atoms with E-state index in [1.54, 1.807) is 6.08 Å². The van der Waals surface area contributed by atoms with E-state index in [9.17, 15) is 9.59 Å². The molecule has 0 aromatic rings. The Kier molecular flexibility index (Phi) is 9.64. The maximum Gasteiger partial charge on any atom is 0.317 e. The molecule has 0 fully saturated rings. The number of carbonyl (C=O) groups excluding carboxylic acids is 1. The van der Waals surface area contributed by atoms with Crippen LogP contribution in [0.2, 0.25) is 0 Å². The van der Waals surface area contributed by atoms with Gasteiger partial charge < -0.3 is 9.84 Å². The SMILES string of the molecule is C=COC(=O)C(C=C)CCCCCCCC(=O)O. The second-order valence-electron chi connectivity index (χ2n) is 4.15. The second-order valence-corrected chi connectivity index (χ2v) is 4.15. The molecule has 4 heteroatoms. The molecule has 0 aliphatic rings. The second kappa shape index (κ2) is 10.6. The van der Waals surface area contributed by atoms with Gasteiger partial charge in [-0.05, 0) is 12.8 Å². The van der Waals surface area contributed by atoms with E-state index in [1.807, 2.05) is 0 Å². The highest BCUT2D eigenvalue weighted by molar-refractivity contribution is 5.74. The van der Waals surface area contributed by atoms with E-state index >= 15 is 0 Å². The Balaban J connectivity index is 3.56. The summed E-state index contributed by atoms with van der Waals surface area (Å²) in [5.74, 6) is -1.33. The van der Waals surface area contributed by atoms with Gasteiger partial charge in [0.05, 0.1) is 12.2 Å². The van der Waals surface area contributed by atoms with Gasteiger partial charge in [-0.1, -0.05) is 38.3 Å². The summed E-state index contributed by atoms with van der Waals surface area (Å²) >= 11 is 0. The van der Waals surface area contributed by atoms with Gasteiger partial charge in [0.2, 0.25) is 0 Å². The van der Waals surface area contributed by atoms with Gasteiger partial charge in [0.1, 0.15) is 0 Å². The fourth-order valence-electron chi connectivity index (χ4n) is 1.67. The Morgan fingerprint density at radius 2 is 1.72 bits per heavy atom. The molecule has 0 radical (unpaired) electrons. The van der Waals surface area contributed by atoms with Crippen molar-refractivity contribution in [3.05, 3.63) is 25.5 Å². The molecule has 0 spiro atoms. The molecule has 0 aliphatic heterocycles. The molecule has 0 aliphatic carbocycles. The number of aliphatic carboxylic acids is 1. The lowest BCUT2D eigenvalue weighted by Crippen LogP contribution is -2.13. The van der Waals surface area contributed by atoms with Crippen molar-refractivity contribution in [3.8, 4) is 0 Å². The van der Waals surface area contributed by atoms with Gasteiger partial charge in [0.25, 0.3) is 0 Å². The fourth-order valence-corrected chi connectivity index (χ4v) is 1.67. The first-order chi connectivity index (χ1) is 8.61. The van der Waals surface area contributed by atoms with E-state index in [-0.39, 0.29) is 18.3 Å². The van der Waals surface area contributed by atoms with Crippen LogP contribution in [-0.4, -0.2) is 17.0 Å². The first kappa shape index (κ1) is 16.4. The van der Waals surface area contributed by atoms with Gasteiger partial charge >= 0.3 is 11.9 Å². The third kappa shape index (κ3) is 8.56. The van der Waals surface area contributed by atoms with Crippen LogP contribution in [0.15, 0.2) is 25.5 Å². The number of hydrogen-bond acceptors (Lipinski definition) is 3. The minimum absolute atomic E-state index is 0.237. The third-order valence-electron chi connectivity index (χ3n) is 2.69. The molecule has 102 valence electrons. The van der Waals surface area contributed by atoms with Gasteiger partial charge in [-0.15, -0.1) is 6.58 Å². The lowest BCUT2D eigenvalue weighted by atomic mass is 10.0. The Hall–Kier alpha value is -1.58. The standard InChI is InChI=1S/C14H22O4/c1-3-12(14(17)18-4-2)10-8-6-5-7-9-11-13(15)16/h3-4,12H,1-2,5-11H2,(H,15,16). The molecule has 0 amide bonds. The van der Waals surface area contributed by atoms with Crippen molar-refractivity contribution in [3.63, 3.8) is 0 Å². The van der Waals surface area contributed by atoms with Crippen LogP contribution in [-0.2, 0) is 14.3 Å². The third-order valence-corrected chi connectivity index (χ3v) is 2.69. The van der Waals surface area contributed by atoms with Crippen molar-refractivity contribution in [2.24, 2.45) is 5.92 Å². The average Bonchev–Trinajstić information content (AvgIpc) is 2.32. The van der Waals surface area contributed by atoms with Crippen LogP contribution in [0.5, 0.6) is 0 Å². The zero-order valence-corrected chi connectivity index (χ0v) is 10.8. The molecule has 0 bridgehead atoms. The molecule has 0 saturated carbocycles. The molecule has 18 heavy (non-hydrogen) atoms. The average molecular weight is 254 g/mol. The van der Waals surface area contributed by atoms with Crippen molar-refractivity contribution in [2.45, 2.75) is 44.9 Å². The van der Waals surface area contributed by atoms with Crippen LogP contribution < -0.4 is 0 Å². The highest BCUT2D eigenvalue weighted by atomic mass is 16.5. The quantitative estimate of drug-likeness (QED) is 0.266. The molecule has 0 aromatic carbocycles. The van der Waals surface area contributed by atoms with E-state index in [0.29, 0.717) is 0 Å². The smallest absolute Gasteiger partial charge is 0.317 e. The van der Waals surface area contributed by atoms with Crippen molar-refractivity contribution >= 4 is 11.9 Å². The topological polar surface area (TPSA) is 63.6 Å². The maximum absolute atomic E-state index is 11.4. The monoisotopic (exact) mass is 254 g/mol. The molecule has 0 heterocycles. The number of ether oxygens (including phenoxy) is 1. The van der Waals surface area contributed by atoms with Gasteiger partial charge in [-0.25, -0.2) is 0 Å².